The molecule has 1 aromatic carbocycles. The maximum absolute atomic E-state index is 12.5. The summed E-state index contributed by atoms with van der Waals surface area (Å²) in [5.74, 6) is -1.20. The van der Waals surface area contributed by atoms with Gasteiger partial charge in [0.1, 0.15) is 6.54 Å². The highest BCUT2D eigenvalue weighted by Gasteiger charge is 2.27. The lowest BCUT2D eigenvalue weighted by Gasteiger charge is -2.21. The van der Waals surface area contributed by atoms with Crippen molar-refractivity contribution in [3.63, 3.8) is 0 Å². The first-order valence-corrected chi connectivity index (χ1v) is 7.51. The molecule has 0 fully saturated rings. The molecule has 20 heavy (non-hydrogen) atoms. The van der Waals surface area contributed by atoms with Crippen molar-refractivity contribution in [2.24, 2.45) is 0 Å². The van der Waals surface area contributed by atoms with Crippen molar-refractivity contribution >= 4 is 16.0 Å². The van der Waals surface area contributed by atoms with Crippen LogP contribution in [0.3, 0.4) is 0 Å². The average molecular weight is 301 g/mol. The number of carbonyl (C=O) groups is 1. The highest BCUT2D eigenvalue weighted by molar-refractivity contribution is 7.89. The molecule has 6 nitrogen and oxygen atoms in total. The number of hydrogen-bond acceptors (Lipinski definition) is 4. The normalized spacial score (nSPS) is 11.8. The smallest absolute Gasteiger partial charge is 0.318 e. The standard InChI is InChI=1S/C13H19NO5S/c1-10-4-5-12(11(2)8-10)20(17,18)14(6-7-19-3)9-13(15)16/h4-5,8H,6-7,9H2,1-3H3,(H,15,16). The van der Waals surface area contributed by atoms with Crippen LogP contribution < -0.4 is 0 Å². The molecule has 0 aliphatic rings. The van der Waals surface area contributed by atoms with Gasteiger partial charge in [0, 0.05) is 13.7 Å². The van der Waals surface area contributed by atoms with E-state index in [1.54, 1.807) is 19.1 Å². The molecule has 7 heteroatoms. The van der Waals surface area contributed by atoms with Crippen LogP contribution >= 0.6 is 0 Å². The Balaban J connectivity index is 3.17. The lowest BCUT2D eigenvalue weighted by Crippen LogP contribution is -2.38. The number of benzene rings is 1. The number of hydrogen-bond donors (Lipinski definition) is 1. The van der Waals surface area contributed by atoms with Crippen molar-refractivity contribution < 1.29 is 23.1 Å². The number of methoxy groups -OCH3 is 1. The van der Waals surface area contributed by atoms with Crippen molar-refractivity contribution in [3.05, 3.63) is 29.3 Å². The van der Waals surface area contributed by atoms with E-state index in [0.29, 0.717) is 5.56 Å². The second-order valence-electron chi connectivity index (χ2n) is 4.49. The molecule has 1 rings (SSSR count). The van der Waals surface area contributed by atoms with Crippen molar-refractivity contribution in [1.29, 1.82) is 0 Å². The first-order valence-electron chi connectivity index (χ1n) is 6.07. The van der Waals surface area contributed by atoms with Gasteiger partial charge >= 0.3 is 5.97 Å². The molecule has 0 bridgehead atoms. The number of rotatable bonds is 7. The maximum Gasteiger partial charge on any atom is 0.318 e. The first-order chi connectivity index (χ1) is 9.28. The second-order valence-corrected chi connectivity index (χ2v) is 6.40. The lowest BCUT2D eigenvalue weighted by molar-refractivity contribution is -0.137. The topological polar surface area (TPSA) is 83.9 Å². The number of sulfonamides is 1. The van der Waals surface area contributed by atoms with E-state index >= 15 is 0 Å². The Labute approximate surface area is 119 Å². The summed E-state index contributed by atoms with van der Waals surface area (Å²) < 4.78 is 30.8. The minimum Gasteiger partial charge on any atom is -0.480 e. The first kappa shape index (κ1) is 16.6. The van der Waals surface area contributed by atoms with E-state index in [-0.39, 0.29) is 18.0 Å². The van der Waals surface area contributed by atoms with Gasteiger partial charge in [-0.1, -0.05) is 17.7 Å². The molecule has 1 aromatic rings. The molecule has 0 saturated carbocycles. The molecule has 1 N–H and O–H groups in total. The average Bonchev–Trinajstić information content (AvgIpc) is 2.33. The van der Waals surface area contributed by atoms with Gasteiger partial charge in [-0.05, 0) is 25.5 Å². The summed E-state index contributed by atoms with van der Waals surface area (Å²) in [5, 5.41) is 8.86. The van der Waals surface area contributed by atoms with Gasteiger partial charge in [0.05, 0.1) is 11.5 Å². The Kier molecular flexibility index (Phi) is 5.67. The predicted molar refractivity (Wildman–Crippen MR) is 74.2 cm³/mol. The molecule has 0 aliphatic carbocycles. The van der Waals surface area contributed by atoms with Crippen LogP contribution in [0.25, 0.3) is 0 Å². The van der Waals surface area contributed by atoms with Gasteiger partial charge in [0.2, 0.25) is 10.0 Å². The Hall–Kier alpha value is -1.44. The van der Waals surface area contributed by atoms with Crippen LogP contribution in [0, 0.1) is 13.8 Å². The Morgan fingerprint density at radius 1 is 1.35 bits per heavy atom. The molecule has 0 amide bonds. The highest BCUT2D eigenvalue weighted by Crippen LogP contribution is 2.20. The van der Waals surface area contributed by atoms with E-state index in [1.807, 2.05) is 6.92 Å². The fraction of sp³-hybridized carbons (Fsp3) is 0.462. The number of ether oxygens (including phenoxy) is 1. The fourth-order valence-electron chi connectivity index (χ4n) is 1.86. The second kappa shape index (κ2) is 6.83. The van der Waals surface area contributed by atoms with Crippen molar-refractivity contribution in [2.75, 3.05) is 26.8 Å². The SMILES string of the molecule is COCCN(CC(=O)O)S(=O)(=O)c1ccc(C)cc1C. The van der Waals surface area contributed by atoms with Crippen LogP contribution in [0.1, 0.15) is 11.1 Å². The molecular formula is C13H19NO5S. The Morgan fingerprint density at radius 3 is 2.50 bits per heavy atom. The largest absolute Gasteiger partial charge is 0.480 e. The quantitative estimate of drug-likeness (QED) is 0.813. The number of nitrogens with zero attached hydrogens (tertiary/aromatic N) is 1. The summed E-state index contributed by atoms with van der Waals surface area (Å²) in [6, 6.07) is 4.94. The molecule has 0 aromatic heterocycles. The monoisotopic (exact) mass is 301 g/mol. The third kappa shape index (κ3) is 4.03. The van der Waals surface area contributed by atoms with Crippen LogP contribution in [-0.2, 0) is 19.6 Å². The van der Waals surface area contributed by atoms with Crippen LogP contribution in [0.4, 0.5) is 0 Å². The Morgan fingerprint density at radius 2 is 2.00 bits per heavy atom. The van der Waals surface area contributed by atoms with E-state index in [0.717, 1.165) is 9.87 Å². The molecule has 0 atom stereocenters. The minimum atomic E-state index is -3.84. The van der Waals surface area contributed by atoms with Gasteiger partial charge in [-0.25, -0.2) is 8.42 Å². The van der Waals surface area contributed by atoms with Gasteiger partial charge in [0.15, 0.2) is 0 Å². The zero-order valence-electron chi connectivity index (χ0n) is 11.8. The number of carboxylic acids is 1. The van der Waals surface area contributed by atoms with Crippen molar-refractivity contribution in [2.45, 2.75) is 18.7 Å². The van der Waals surface area contributed by atoms with Gasteiger partial charge in [-0.2, -0.15) is 4.31 Å². The lowest BCUT2D eigenvalue weighted by atomic mass is 10.2. The highest BCUT2D eigenvalue weighted by atomic mass is 32.2. The molecular weight excluding hydrogens is 282 g/mol. The van der Waals surface area contributed by atoms with Crippen LogP contribution in [0.5, 0.6) is 0 Å². The molecule has 0 unspecified atom stereocenters. The summed E-state index contributed by atoms with van der Waals surface area (Å²) in [6.07, 6.45) is 0. The summed E-state index contributed by atoms with van der Waals surface area (Å²) in [6.45, 7) is 3.10. The third-order valence-corrected chi connectivity index (χ3v) is 4.81. The summed E-state index contributed by atoms with van der Waals surface area (Å²) >= 11 is 0. The van der Waals surface area contributed by atoms with Crippen LogP contribution in [-0.4, -0.2) is 50.6 Å². The summed E-state index contributed by atoms with van der Waals surface area (Å²) in [7, 11) is -2.41. The van der Waals surface area contributed by atoms with Gasteiger partial charge < -0.3 is 9.84 Å². The molecule has 0 aliphatic heterocycles. The van der Waals surface area contributed by atoms with Crippen LogP contribution in [0.2, 0.25) is 0 Å². The molecule has 0 radical (unpaired) electrons. The molecule has 0 spiro atoms. The Bertz CT molecular complexity index is 582. The fourth-order valence-corrected chi connectivity index (χ4v) is 3.44. The summed E-state index contributed by atoms with van der Waals surface area (Å²) in [4.78, 5) is 11.0. The van der Waals surface area contributed by atoms with Crippen LogP contribution in [0.15, 0.2) is 23.1 Å². The predicted octanol–water partition coefficient (Wildman–Crippen LogP) is 1.03. The van der Waals surface area contributed by atoms with E-state index in [1.165, 1.54) is 13.2 Å². The third-order valence-electron chi connectivity index (χ3n) is 2.80. The number of carboxylic acid groups (broad SMARTS) is 1. The minimum absolute atomic E-state index is 0.00154. The molecule has 0 heterocycles. The van der Waals surface area contributed by atoms with Gasteiger partial charge in [-0.15, -0.1) is 0 Å². The zero-order chi connectivity index (χ0) is 15.3. The van der Waals surface area contributed by atoms with Gasteiger partial charge in [-0.3, -0.25) is 4.79 Å². The molecule has 0 saturated heterocycles. The number of aliphatic carboxylic acids is 1. The van der Waals surface area contributed by atoms with E-state index in [9.17, 15) is 13.2 Å². The van der Waals surface area contributed by atoms with Gasteiger partial charge in [0.25, 0.3) is 0 Å². The number of aryl methyl sites for hydroxylation is 2. The molecule has 112 valence electrons. The van der Waals surface area contributed by atoms with E-state index in [2.05, 4.69) is 0 Å². The summed E-state index contributed by atoms with van der Waals surface area (Å²) in [5.41, 5.74) is 1.54. The van der Waals surface area contributed by atoms with E-state index < -0.39 is 22.5 Å². The van der Waals surface area contributed by atoms with Crippen molar-refractivity contribution in [1.82, 2.24) is 4.31 Å². The van der Waals surface area contributed by atoms with Crippen molar-refractivity contribution in [3.8, 4) is 0 Å². The van der Waals surface area contributed by atoms with E-state index in [4.69, 9.17) is 9.84 Å². The zero-order valence-corrected chi connectivity index (χ0v) is 12.6. The maximum atomic E-state index is 12.5.